The molecule has 0 unspecified atom stereocenters. The maximum atomic E-state index is 11.9. The van der Waals surface area contributed by atoms with Gasteiger partial charge in [-0.3, -0.25) is 14.9 Å². The molecule has 1 heterocycles. The third-order valence-electron chi connectivity index (χ3n) is 2.94. The Bertz CT molecular complexity index is 550. The van der Waals surface area contributed by atoms with Crippen LogP contribution in [0.5, 0.6) is 5.75 Å². The highest BCUT2D eigenvalue weighted by Gasteiger charge is 2.15. The summed E-state index contributed by atoms with van der Waals surface area (Å²) in [5.41, 5.74) is 0.0991. The van der Waals surface area contributed by atoms with Gasteiger partial charge in [0, 0.05) is 25.2 Å². The Balaban J connectivity index is 2.09. The summed E-state index contributed by atoms with van der Waals surface area (Å²) < 4.78 is 5.15. The number of morpholine rings is 1. The summed E-state index contributed by atoms with van der Waals surface area (Å²) in [7, 11) is 0. The summed E-state index contributed by atoms with van der Waals surface area (Å²) in [5.74, 6) is -0.560. The molecule has 1 aromatic carbocycles. The summed E-state index contributed by atoms with van der Waals surface area (Å²) in [6, 6.07) is 3.96. The molecule has 0 saturated carbocycles. The van der Waals surface area contributed by atoms with Crippen LogP contribution in [0, 0.1) is 10.1 Å². The molecule has 20 heavy (non-hydrogen) atoms. The van der Waals surface area contributed by atoms with Gasteiger partial charge in [-0.05, 0) is 17.7 Å². The van der Waals surface area contributed by atoms with Gasteiger partial charge in [-0.2, -0.15) is 0 Å². The van der Waals surface area contributed by atoms with Gasteiger partial charge in [0.2, 0.25) is 5.91 Å². The van der Waals surface area contributed by atoms with E-state index in [2.05, 4.69) is 0 Å². The topological polar surface area (TPSA) is 92.9 Å². The highest BCUT2D eigenvalue weighted by Crippen LogP contribution is 2.26. The molecule has 7 nitrogen and oxygen atoms in total. The number of hydrogen-bond donors (Lipinski definition) is 1. The number of aromatic hydroxyl groups is 1. The molecule has 2 rings (SSSR count). The van der Waals surface area contributed by atoms with Gasteiger partial charge < -0.3 is 14.7 Å². The maximum Gasteiger partial charge on any atom is 0.311 e. The van der Waals surface area contributed by atoms with E-state index in [1.807, 2.05) is 0 Å². The van der Waals surface area contributed by atoms with Gasteiger partial charge in [0.05, 0.1) is 18.1 Å². The molecule has 1 saturated heterocycles. The van der Waals surface area contributed by atoms with Crippen LogP contribution in [0.15, 0.2) is 24.3 Å². The second kappa shape index (κ2) is 6.16. The number of nitro benzene ring substituents is 1. The molecule has 0 atom stereocenters. The summed E-state index contributed by atoms with van der Waals surface area (Å²) in [4.78, 5) is 23.5. The number of phenols is 1. The number of rotatable bonds is 3. The first-order chi connectivity index (χ1) is 9.58. The molecule has 106 valence electrons. The minimum atomic E-state index is -0.670. The zero-order valence-electron chi connectivity index (χ0n) is 10.7. The van der Waals surface area contributed by atoms with Crippen molar-refractivity contribution in [2.45, 2.75) is 0 Å². The van der Waals surface area contributed by atoms with Crippen molar-refractivity contribution >= 4 is 17.7 Å². The van der Waals surface area contributed by atoms with Crippen LogP contribution in [0.1, 0.15) is 5.56 Å². The molecule has 0 aliphatic carbocycles. The maximum absolute atomic E-state index is 11.9. The van der Waals surface area contributed by atoms with E-state index in [9.17, 15) is 20.0 Å². The Morgan fingerprint density at radius 2 is 2.10 bits per heavy atom. The van der Waals surface area contributed by atoms with E-state index < -0.39 is 10.7 Å². The first-order valence-corrected chi connectivity index (χ1v) is 6.10. The molecule has 1 aromatic rings. The van der Waals surface area contributed by atoms with E-state index in [0.717, 1.165) is 0 Å². The van der Waals surface area contributed by atoms with Crippen molar-refractivity contribution in [3.8, 4) is 5.75 Å². The number of ether oxygens (including phenoxy) is 1. The largest absolute Gasteiger partial charge is 0.502 e. The lowest BCUT2D eigenvalue weighted by atomic mass is 10.1. The number of nitro groups is 1. The first-order valence-electron chi connectivity index (χ1n) is 6.10. The molecular formula is C13H14N2O5. The first kappa shape index (κ1) is 14.0. The minimum absolute atomic E-state index is 0.163. The molecule has 0 bridgehead atoms. The van der Waals surface area contributed by atoms with Crippen molar-refractivity contribution < 1.29 is 19.6 Å². The molecule has 0 aromatic heterocycles. The lowest BCUT2D eigenvalue weighted by Gasteiger charge is -2.25. The number of amides is 1. The highest BCUT2D eigenvalue weighted by molar-refractivity contribution is 5.92. The van der Waals surface area contributed by atoms with Crippen molar-refractivity contribution in [1.82, 2.24) is 4.90 Å². The number of nitrogens with zero attached hydrogens (tertiary/aromatic N) is 2. The van der Waals surface area contributed by atoms with Crippen molar-refractivity contribution in [1.29, 1.82) is 0 Å². The summed E-state index contributed by atoms with van der Waals surface area (Å²) in [5, 5.41) is 20.0. The average Bonchev–Trinajstić information content (AvgIpc) is 2.46. The number of carbonyl (C=O) groups excluding carboxylic acids is 1. The Labute approximate surface area is 115 Å². The van der Waals surface area contributed by atoms with Crippen LogP contribution in [-0.4, -0.2) is 47.1 Å². The fourth-order valence-corrected chi connectivity index (χ4v) is 1.85. The smallest absolute Gasteiger partial charge is 0.311 e. The van der Waals surface area contributed by atoms with Crippen LogP contribution in [-0.2, 0) is 9.53 Å². The quantitative estimate of drug-likeness (QED) is 0.509. The summed E-state index contributed by atoms with van der Waals surface area (Å²) in [6.45, 7) is 2.12. The minimum Gasteiger partial charge on any atom is -0.502 e. The van der Waals surface area contributed by atoms with Crippen LogP contribution in [0.25, 0.3) is 6.08 Å². The van der Waals surface area contributed by atoms with Crippen LogP contribution >= 0.6 is 0 Å². The summed E-state index contributed by atoms with van der Waals surface area (Å²) in [6.07, 6.45) is 2.85. The molecule has 1 aliphatic heterocycles. The van der Waals surface area contributed by atoms with Gasteiger partial charge in [0.15, 0.2) is 5.75 Å². The van der Waals surface area contributed by atoms with Crippen LogP contribution in [0.2, 0.25) is 0 Å². The fourth-order valence-electron chi connectivity index (χ4n) is 1.85. The van der Waals surface area contributed by atoms with E-state index >= 15 is 0 Å². The number of carbonyl (C=O) groups is 1. The van der Waals surface area contributed by atoms with Crippen LogP contribution in [0.3, 0.4) is 0 Å². The van der Waals surface area contributed by atoms with Crippen molar-refractivity contribution in [3.63, 3.8) is 0 Å². The lowest BCUT2D eigenvalue weighted by molar-refractivity contribution is -0.385. The van der Waals surface area contributed by atoms with Crippen molar-refractivity contribution in [2.75, 3.05) is 26.3 Å². The summed E-state index contributed by atoms with van der Waals surface area (Å²) >= 11 is 0. The molecule has 1 fully saturated rings. The van der Waals surface area contributed by atoms with Crippen molar-refractivity contribution in [3.05, 3.63) is 40.0 Å². The Kier molecular flexibility index (Phi) is 4.31. The molecule has 0 radical (unpaired) electrons. The van der Waals surface area contributed by atoms with E-state index in [0.29, 0.717) is 31.9 Å². The number of benzene rings is 1. The van der Waals surface area contributed by atoms with Crippen molar-refractivity contribution in [2.24, 2.45) is 0 Å². The van der Waals surface area contributed by atoms with E-state index in [4.69, 9.17) is 4.74 Å². The van der Waals surface area contributed by atoms with Gasteiger partial charge in [0.25, 0.3) is 0 Å². The predicted octanol–water partition coefficient (Wildman–Crippen LogP) is 1.17. The van der Waals surface area contributed by atoms with Crippen LogP contribution in [0.4, 0.5) is 5.69 Å². The lowest BCUT2D eigenvalue weighted by Crippen LogP contribution is -2.39. The zero-order valence-corrected chi connectivity index (χ0v) is 10.7. The van der Waals surface area contributed by atoms with Gasteiger partial charge in [0.1, 0.15) is 0 Å². The Morgan fingerprint density at radius 3 is 2.75 bits per heavy atom. The monoisotopic (exact) mass is 278 g/mol. The SMILES string of the molecule is O=C(C=Cc1ccc(O)c([N+](=O)[O-])c1)N1CCOCC1. The fraction of sp³-hybridized carbons (Fsp3) is 0.308. The molecule has 0 spiro atoms. The average molecular weight is 278 g/mol. The van der Waals surface area contributed by atoms with E-state index in [-0.39, 0.29) is 11.6 Å². The standard InChI is InChI=1S/C13H14N2O5/c16-12-3-1-10(9-11(12)15(18)19)2-4-13(17)14-5-7-20-8-6-14/h1-4,9,16H,5-8H2. The molecular weight excluding hydrogens is 264 g/mol. The van der Waals surface area contributed by atoms with Gasteiger partial charge >= 0.3 is 5.69 Å². The molecule has 7 heteroatoms. The predicted molar refractivity (Wildman–Crippen MR) is 71.2 cm³/mol. The van der Waals surface area contributed by atoms with Gasteiger partial charge in [-0.15, -0.1) is 0 Å². The zero-order chi connectivity index (χ0) is 14.5. The van der Waals surface area contributed by atoms with E-state index in [1.54, 1.807) is 4.90 Å². The third-order valence-corrected chi connectivity index (χ3v) is 2.94. The second-order valence-electron chi connectivity index (χ2n) is 4.28. The van der Waals surface area contributed by atoms with Crippen LogP contribution < -0.4 is 0 Å². The second-order valence-corrected chi connectivity index (χ2v) is 4.28. The molecule has 1 N–H and O–H groups in total. The van der Waals surface area contributed by atoms with Gasteiger partial charge in [-0.25, -0.2) is 0 Å². The van der Waals surface area contributed by atoms with Gasteiger partial charge in [-0.1, -0.05) is 6.07 Å². The number of hydrogen-bond acceptors (Lipinski definition) is 5. The number of phenolic OH excluding ortho intramolecular Hbond substituents is 1. The normalized spacial score (nSPS) is 15.5. The Morgan fingerprint density at radius 1 is 1.40 bits per heavy atom. The Hall–Kier alpha value is -2.41. The molecule has 1 amide bonds. The molecule has 1 aliphatic rings. The van der Waals surface area contributed by atoms with E-state index in [1.165, 1.54) is 30.4 Å². The third kappa shape index (κ3) is 3.33. The highest BCUT2D eigenvalue weighted by atomic mass is 16.6.